The standard InChI is InChI=1S/C13H21N/c1-5-9-14(6-2)13-8-7-11(3)10-12(13)4/h7-8,10H,5-6,9H2,1-4H3. The van der Waals surface area contributed by atoms with Gasteiger partial charge in [-0.25, -0.2) is 0 Å². The molecule has 1 aromatic carbocycles. The van der Waals surface area contributed by atoms with Gasteiger partial charge in [-0.15, -0.1) is 0 Å². The molecule has 0 unspecified atom stereocenters. The minimum absolute atomic E-state index is 1.09. The monoisotopic (exact) mass is 191 g/mol. The average Bonchev–Trinajstić information content (AvgIpc) is 2.15. The van der Waals surface area contributed by atoms with E-state index in [-0.39, 0.29) is 0 Å². The fourth-order valence-corrected chi connectivity index (χ4v) is 1.88. The number of rotatable bonds is 4. The van der Waals surface area contributed by atoms with Crippen LogP contribution in [0.3, 0.4) is 0 Å². The summed E-state index contributed by atoms with van der Waals surface area (Å²) in [6.07, 6.45) is 1.21. The molecule has 0 spiro atoms. The lowest BCUT2D eigenvalue weighted by Gasteiger charge is -2.24. The zero-order valence-corrected chi connectivity index (χ0v) is 9.80. The highest BCUT2D eigenvalue weighted by Crippen LogP contribution is 2.20. The van der Waals surface area contributed by atoms with Crippen molar-refractivity contribution in [3.63, 3.8) is 0 Å². The van der Waals surface area contributed by atoms with Crippen molar-refractivity contribution in [3.05, 3.63) is 29.3 Å². The fraction of sp³-hybridized carbons (Fsp3) is 0.538. The second-order valence-electron chi connectivity index (χ2n) is 3.87. The average molecular weight is 191 g/mol. The number of hydrogen-bond donors (Lipinski definition) is 0. The Morgan fingerprint density at radius 2 is 1.86 bits per heavy atom. The zero-order chi connectivity index (χ0) is 10.6. The minimum atomic E-state index is 1.09. The van der Waals surface area contributed by atoms with Crippen molar-refractivity contribution >= 4 is 5.69 Å². The van der Waals surface area contributed by atoms with Crippen molar-refractivity contribution in [2.45, 2.75) is 34.1 Å². The highest BCUT2D eigenvalue weighted by Gasteiger charge is 2.05. The maximum atomic E-state index is 2.44. The van der Waals surface area contributed by atoms with Crippen LogP contribution in [0.5, 0.6) is 0 Å². The maximum absolute atomic E-state index is 2.44. The van der Waals surface area contributed by atoms with Crippen molar-refractivity contribution in [2.24, 2.45) is 0 Å². The molecule has 0 saturated carbocycles. The molecule has 0 N–H and O–H groups in total. The molecule has 1 aromatic rings. The number of anilines is 1. The largest absolute Gasteiger partial charge is 0.372 e. The van der Waals surface area contributed by atoms with Crippen molar-refractivity contribution in [3.8, 4) is 0 Å². The lowest BCUT2D eigenvalue weighted by molar-refractivity contribution is 0.789. The van der Waals surface area contributed by atoms with Gasteiger partial charge in [0.1, 0.15) is 0 Å². The molecule has 0 aliphatic carbocycles. The van der Waals surface area contributed by atoms with Gasteiger partial charge >= 0.3 is 0 Å². The molecule has 14 heavy (non-hydrogen) atoms. The summed E-state index contributed by atoms with van der Waals surface area (Å²) in [5, 5.41) is 0. The molecule has 0 aromatic heterocycles. The Labute approximate surface area is 87.7 Å². The Morgan fingerprint density at radius 3 is 2.36 bits per heavy atom. The third-order valence-corrected chi connectivity index (χ3v) is 2.57. The molecule has 0 radical (unpaired) electrons. The van der Waals surface area contributed by atoms with E-state index in [4.69, 9.17) is 0 Å². The van der Waals surface area contributed by atoms with E-state index >= 15 is 0 Å². The van der Waals surface area contributed by atoms with Crippen LogP contribution >= 0.6 is 0 Å². The number of aryl methyl sites for hydroxylation is 2. The van der Waals surface area contributed by atoms with E-state index in [0.29, 0.717) is 0 Å². The van der Waals surface area contributed by atoms with Crippen LogP contribution in [0.15, 0.2) is 18.2 Å². The molecule has 0 amide bonds. The molecule has 78 valence electrons. The van der Waals surface area contributed by atoms with Gasteiger partial charge in [0.2, 0.25) is 0 Å². The van der Waals surface area contributed by atoms with Gasteiger partial charge in [0.05, 0.1) is 0 Å². The molecule has 1 nitrogen and oxygen atoms in total. The van der Waals surface area contributed by atoms with Gasteiger partial charge in [-0.1, -0.05) is 24.6 Å². The van der Waals surface area contributed by atoms with E-state index in [1.807, 2.05) is 0 Å². The lowest BCUT2D eigenvalue weighted by Crippen LogP contribution is -2.24. The van der Waals surface area contributed by atoms with Crippen molar-refractivity contribution in [2.75, 3.05) is 18.0 Å². The molecular formula is C13H21N. The molecule has 0 aliphatic heterocycles. The highest BCUT2D eigenvalue weighted by atomic mass is 15.1. The first-order valence-corrected chi connectivity index (χ1v) is 5.51. The van der Waals surface area contributed by atoms with Crippen LogP contribution in [0.4, 0.5) is 5.69 Å². The number of nitrogens with zero attached hydrogens (tertiary/aromatic N) is 1. The molecule has 0 saturated heterocycles. The van der Waals surface area contributed by atoms with E-state index < -0.39 is 0 Å². The Kier molecular flexibility index (Phi) is 3.99. The molecule has 0 bridgehead atoms. The van der Waals surface area contributed by atoms with Gasteiger partial charge in [-0.2, -0.15) is 0 Å². The quantitative estimate of drug-likeness (QED) is 0.703. The first-order valence-electron chi connectivity index (χ1n) is 5.51. The van der Waals surface area contributed by atoms with E-state index in [0.717, 1.165) is 13.1 Å². The van der Waals surface area contributed by atoms with Crippen molar-refractivity contribution in [1.29, 1.82) is 0 Å². The Hall–Kier alpha value is -0.980. The highest BCUT2D eigenvalue weighted by molar-refractivity contribution is 5.54. The summed E-state index contributed by atoms with van der Waals surface area (Å²) in [4.78, 5) is 2.44. The second-order valence-corrected chi connectivity index (χ2v) is 3.87. The van der Waals surface area contributed by atoms with Gasteiger partial charge in [-0.05, 0) is 38.8 Å². The summed E-state index contributed by atoms with van der Waals surface area (Å²) in [6.45, 7) is 11.0. The molecule has 0 aliphatic rings. The minimum Gasteiger partial charge on any atom is -0.372 e. The van der Waals surface area contributed by atoms with Gasteiger partial charge in [0, 0.05) is 18.8 Å². The van der Waals surface area contributed by atoms with Crippen LogP contribution in [0, 0.1) is 13.8 Å². The lowest BCUT2D eigenvalue weighted by atomic mass is 10.1. The molecular weight excluding hydrogens is 170 g/mol. The Balaban J connectivity index is 2.92. The summed E-state index contributed by atoms with van der Waals surface area (Å²) in [5.74, 6) is 0. The van der Waals surface area contributed by atoms with Crippen molar-refractivity contribution in [1.82, 2.24) is 0 Å². The third kappa shape index (κ3) is 2.50. The van der Waals surface area contributed by atoms with E-state index in [1.54, 1.807) is 0 Å². The number of benzene rings is 1. The molecule has 1 rings (SSSR count). The van der Waals surface area contributed by atoms with Gasteiger partial charge in [-0.3, -0.25) is 0 Å². The number of hydrogen-bond acceptors (Lipinski definition) is 1. The summed E-state index contributed by atoms with van der Waals surface area (Å²) >= 11 is 0. The Morgan fingerprint density at radius 1 is 1.14 bits per heavy atom. The summed E-state index contributed by atoms with van der Waals surface area (Å²) in [5.41, 5.74) is 4.12. The third-order valence-electron chi connectivity index (χ3n) is 2.57. The predicted octanol–water partition coefficient (Wildman–Crippen LogP) is 3.54. The first kappa shape index (κ1) is 11.1. The fourth-order valence-electron chi connectivity index (χ4n) is 1.88. The van der Waals surface area contributed by atoms with E-state index in [9.17, 15) is 0 Å². The van der Waals surface area contributed by atoms with E-state index in [1.165, 1.54) is 23.2 Å². The van der Waals surface area contributed by atoms with Crippen LogP contribution in [-0.2, 0) is 0 Å². The Bertz CT molecular complexity index is 291. The zero-order valence-electron chi connectivity index (χ0n) is 9.80. The van der Waals surface area contributed by atoms with Gasteiger partial charge in [0.15, 0.2) is 0 Å². The summed E-state index contributed by atoms with van der Waals surface area (Å²) in [6, 6.07) is 6.69. The van der Waals surface area contributed by atoms with Crippen LogP contribution < -0.4 is 4.90 Å². The first-order chi connectivity index (χ1) is 6.69. The molecule has 1 heteroatoms. The summed E-state index contributed by atoms with van der Waals surface area (Å²) in [7, 11) is 0. The maximum Gasteiger partial charge on any atom is 0.0395 e. The van der Waals surface area contributed by atoms with Crippen LogP contribution in [0.2, 0.25) is 0 Å². The normalized spacial score (nSPS) is 10.3. The smallest absolute Gasteiger partial charge is 0.0395 e. The van der Waals surface area contributed by atoms with Crippen LogP contribution in [0.1, 0.15) is 31.4 Å². The van der Waals surface area contributed by atoms with Crippen molar-refractivity contribution < 1.29 is 0 Å². The van der Waals surface area contributed by atoms with Gasteiger partial charge < -0.3 is 4.90 Å². The van der Waals surface area contributed by atoms with Crippen LogP contribution in [-0.4, -0.2) is 13.1 Å². The molecule has 0 atom stereocenters. The molecule has 0 heterocycles. The second kappa shape index (κ2) is 5.04. The predicted molar refractivity (Wildman–Crippen MR) is 64.1 cm³/mol. The van der Waals surface area contributed by atoms with Gasteiger partial charge in [0.25, 0.3) is 0 Å². The SMILES string of the molecule is CCCN(CC)c1ccc(C)cc1C. The van der Waals surface area contributed by atoms with E-state index in [2.05, 4.69) is 50.8 Å². The molecule has 0 fully saturated rings. The van der Waals surface area contributed by atoms with Crippen LogP contribution in [0.25, 0.3) is 0 Å². The summed E-state index contributed by atoms with van der Waals surface area (Å²) < 4.78 is 0. The topological polar surface area (TPSA) is 3.24 Å².